The average molecular weight is 647 g/mol. The van der Waals surface area contributed by atoms with Crippen LogP contribution in [0.4, 0.5) is 0 Å². The Morgan fingerprint density at radius 1 is 1.06 bits per heavy atom. The summed E-state index contributed by atoms with van der Waals surface area (Å²) >= 11 is 0. The van der Waals surface area contributed by atoms with Crippen molar-refractivity contribution >= 4 is 0 Å². The zero-order valence-electron chi connectivity index (χ0n) is 31.4. The van der Waals surface area contributed by atoms with E-state index in [4.69, 9.17) is 6.58 Å². The van der Waals surface area contributed by atoms with Crippen LogP contribution in [0.25, 0.3) is 0 Å². The highest BCUT2D eigenvalue weighted by Gasteiger charge is 2.45. The summed E-state index contributed by atoms with van der Waals surface area (Å²) in [5, 5.41) is 4.19. The molecule has 0 amide bonds. The number of fused-ring (bicyclic) bond motifs is 1. The smallest absolute Gasteiger partial charge is 0.0688 e. The standard InChI is InChI=1S/C47H54N2/c1-13-33-18-14-15-21-37(33)46(9,10)36-27-25-35-31(4)42-43(32(36)5)48-41-23-17-22-39(41)47(11,12)38(35)28-29-49(34-19-16-20-34)44(42)40(45(6,7)8)26-24-30(2)3/h14-18,21,23-29,42-43,48H,2,4,13,19H2,1,3,5-12H3/b26-24-,27-25?,29-28-,36-32-,38-35?,44-40-. The van der Waals surface area contributed by atoms with Gasteiger partial charge in [0.15, 0.2) is 0 Å². The molecule has 1 aromatic carbocycles. The zero-order chi connectivity index (χ0) is 35.5. The number of hydrogen-bond donors (Lipinski definition) is 1. The van der Waals surface area contributed by atoms with Crippen molar-refractivity contribution in [1.82, 2.24) is 10.2 Å². The molecule has 6 rings (SSSR count). The number of hydrogen-bond acceptors (Lipinski definition) is 2. The van der Waals surface area contributed by atoms with Gasteiger partial charge in [0.25, 0.3) is 0 Å². The predicted octanol–water partition coefficient (Wildman–Crippen LogP) is 11.6. The van der Waals surface area contributed by atoms with Crippen LogP contribution in [-0.2, 0) is 11.8 Å². The van der Waals surface area contributed by atoms with Gasteiger partial charge < -0.3 is 10.2 Å². The number of nitrogens with zero attached hydrogens (tertiary/aromatic N) is 1. The first kappa shape index (κ1) is 34.4. The highest BCUT2D eigenvalue weighted by atomic mass is 15.2. The number of benzene rings is 1. The molecule has 2 unspecified atom stereocenters. The minimum Gasteiger partial charge on any atom is -0.377 e. The van der Waals surface area contributed by atoms with E-state index in [2.05, 4.69) is 177 Å². The Morgan fingerprint density at radius 3 is 2.41 bits per heavy atom. The quantitative estimate of drug-likeness (QED) is 0.244. The highest BCUT2D eigenvalue weighted by Crippen LogP contribution is 2.52. The van der Waals surface area contributed by atoms with Crippen LogP contribution in [0.5, 0.6) is 0 Å². The number of nitrogens with one attached hydrogen (secondary N) is 1. The Kier molecular flexibility index (Phi) is 8.73. The first-order valence-electron chi connectivity index (χ1n) is 17.9. The van der Waals surface area contributed by atoms with E-state index in [-0.39, 0.29) is 28.2 Å². The lowest BCUT2D eigenvalue weighted by molar-refractivity contribution is 0.391. The highest BCUT2D eigenvalue weighted by molar-refractivity contribution is 5.64. The van der Waals surface area contributed by atoms with Gasteiger partial charge in [-0.05, 0) is 94.6 Å². The maximum atomic E-state index is 5.04. The van der Waals surface area contributed by atoms with Crippen LogP contribution in [-0.4, -0.2) is 10.9 Å². The van der Waals surface area contributed by atoms with Gasteiger partial charge in [0, 0.05) is 46.3 Å². The van der Waals surface area contributed by atoms with Crippen molar-refractivity contribution < 1.29 is 0 Å². The van der Waals surface area contributed by atoms with E-state index in [9.17, 15) is 0 Å². The van der Waals surface area contributed by atoms with Gasteiger partial charge in [0.05, 0.1) is 11.7 Å². The lowest BCUT2D eigenvalue weighted by atomic mass is 9.67. The first-order chi connectivity index (χ1) is 23.1. The summed E-state index contributed by atoms with van der Waals surface area (Å²) in [7, 11) is 0. The molecule has 0 saturated heterocycles. The van der Waals surface area contributed by atoms with Crippen molar-refractivity contribution in [3.8, 4) is 0 Å². The fraction of sp³-hybridized carbons (Fsp3) is 0.362. The fourth-order valence-electron chi connectivity index (χ4n) is 8.42. The molecule has 2 atom stereocenters. The third-order valence-electron chi connectivity index (χ3n) is 11.2. The Bertz CT molecular complexity index is 2000. The maximum Gasteiger partial charge on any atom is 0.0688 e. The minimum atomic E-state index is -0.337. The van der Waals surface area contributed by atoms with Crippen LogP contribution in [0.15, 0.2) is 165 Å². The number of allylic oxidation sites excluding steroid dienone is 12. The second-order valence-electron chi connectivity index (χ2n) is 16.3. The molecular formula is C47H54N2. The molecule has 0 radical (unpaired) electrons. The van der Waals surface area contributed by atoms with E-state index in [1.165, 1.54) is 56.0 Å². The van der Waals surface area contributed by atoms with Gasteiger partial charge in [-0.1, -0.05) is 123 Å². The van der Waals surface area contributed by atoms with Gasteiger partial charge in [-0.2, -0.15) is 0 Å². The van der Waals surface area contributed by atoms with E-state index in [1.807, 2.05) is 0 Å². The summed E-state index contributed by atoms with van der Waals surface area (Å²) in [5.41, 5.74) is 22.5. The molecule has 3 aliphatic carbocycles. The molecule has 0 fully saturated rings. The summed E-state index contributed by atoms with van der Waals surface area (Å²) in [6, 6.07) is 8.88. The van der Waals surface area contributed by atoms with Crippen molar-refractivity contribution in [2.45, 2.75) is 93.5 Å². The molecule has 0 spiro atoms. The number of aryl methyl sites for hydroxylation is 1. The van der Waals surface area contributed by atoms with Gasteiger partial charge in [-0.3, -0.25) is 0 Å². The zero-order valence-corrected chi connectivity index (χ0v) is 31.4. The van der Waals surface area contributed by atoms with Crippen molar-refractivity contribution in [3.05, 3.63) is 176 Å². The molecule has 2 heterocycles. The molecule has 2 nitrogen and oxygen atoms in total. The van der Waals surface area contributed by atoms with Gasteiger partial charge in [0.1, 0.15) is 0 Å². The molecule has 252 valence electrons. The van der Waals surface area contributed by atoms with Crippen LogP contribution in [0.2, 0.25) is 0 Å². The van der Waals surface area contributed by atoms with Crippen molar-refractivity contribution in [2.75, 3.05) is 0 Å². The van der Waals surface area contributed by atoms with Crippen LogP contribution in [0.1, 0.15) is 86.8 Å². The second kappa shape index (κ2) is 12.4. The molecule has 0 aromatic heterocycles. The molecule has 4 bridgehead atoms. The SMILES string of the molecule is C=C(C)/C=C\C(=C1/C2C(=C)C3=C(/C=C\N1C1=C=CC1)C(C)(C)C1=C=CC=C1NC2/C(C)=C(\C(C)(C)c1ccccc1CC)C=C3)C(C)(C)C. The molecule has 2 aliphatic heterocycles. The van der Waals surface area contributed by atoms with Crippen molar-refractivity contribution in [1.29, 1.82) is 0 Å². The third kappa shape index (κ3) is 5.82. The van der Waals surface area contributed by atoms with Crippen LogP contribution in [0.3, 0.4) is 0 Å². The Hall–Kier alpha value is -4.48. The van der Waals surface area contributed by atoms with E-state index < -0.39 is 0 Å². The molecule has 5 aliphatic rings. The van der Waals surface area contributed by atoms with E-state index in [0.29, 0.717) is 0 Å². The monoisotopic (exact) mass is 646 g/mol. The van der Waals surface area contributed by atoms with Gasteiger partial charge >= 0.3 is 0 Å². The summed E-state index contributed by atoms with van der Waals surface area (Å²) in [5.74, 6) is -0.0948. The summed E-state index contributed by atoms with van der Waals surface area (Å²) in [6.07, 6.45) is 22.2. The predicted molar refractivity (Wildman–Crippen MR) is 208 cm³/mol. The Balaban J connectivity index is 1.79. The first-order valence-corrected chi connectivity index (χ1v) is 17.9. The topological polar surface area (TPSA) is 15.3 Å². The van der Waals surface area contributed by atoms with E-state index >= 15 is 0 Å². The van der Waals surface area contributed by atoms with Gasteiger partial charge in [-0.25, -0.2) is 0 Å². The van der Waals surface area contributed by atoms with Gasteiger partial charge in [-0.15, -0.1) is 11.5 Å². The van der Waals surface area contributed by atoms with Crippen LogP contribution >= 0.6 is 0 Å². The molecule has 1 aromatic rings. The maximum absolute atomic E-state index is 5.04. The van der Waals surface area contributed by atoms with E-state index in [0.717, 1.165) is 29.7 Å². The largest absolute Gasteiger partial charge is 0.377 e. The fourth-order valence-corrected chi connectivity index (χ4v) is 8.42. The van der Waals surface area contributed by atoms with Gasteiger partial charge in [0.2, 0.25) is 0 Å². The third-order valence-corrected chi connectivity index (χ3v) is 11.2. The average Bonchev–Trinajstić information content (AvgIpc) is 3.48. The van der Waals surface area contributed by atoms with Crippen molar-refractivity contribution in [3.63, 3.8) is 0 Å². The van der Waals surface area contributed by atoms with Crippen LogP contribution < -0.4 is 5.32 Å². The Labute approximate surface area is 296 Å². The van der Waals surface area contributed by atoms with Crippen molar-refractivity contribution in [2.24, 2.45) is 16.7 Å². The lowest BCUT2D eigenvalue weighted by Crippen LogP contribution is -2.44. The Morgan fingerprint density at radius 2 is 1.78 bits per heavy atom. The molecule has 0 saturated carbocycles. The van der Waals surface area contributed by atoms with E-state index in [1.54, 1.807) is 0 Å². The number of rotatable bonds is 6. The normalized spacial score (nSPS) is 26.0. The molecule has 49 heavy (non-hydrogen) atoms. The minimum absolute atomic E-state index is 0.0931. The van der Waals surface area contributed by atoms with Crippen LogP contribution in [0, 0.1) is 16.7 Å². The lowest BCUT2D eigenvalue weighted by Gasteiger charge is -2.44. The summed E-state index contributed by atoms with van der Waals surface area (Å²) < 4.78 is 0. The molecule has 2 heteroatoms. The summed E-state index contributed by atoms with van der Waals surface area (Å²) in [6.45, 7) is 32.4. The second-order valence-corrected chi connectivity index (χ2v) is 16.3. The molecular weight excluding hydrogens is 593 g/mol. The molecule has 1 N–H and O–H groups in total. The summed E-state index contributed by atoms with van der Waals surface area (Å²) in [4.78, 5) is 2.44.